The van der Waals surface area contributed by atoms with E-state index in [1.807, 2.05) is 6.92 Å². The normalized spacial score (nSPS) is 30.2. The van der Waals surface area contributed by atoms with Crippen LogP contribution in [-0.4, -0.2) is 18.4 Å². The number of carbonyl (C=O) groups excluding carboxylic acids is 2. The molecule has 0 aromatic heterocycles. The van der Waals surface area contributed by atoms with Crippen LogP contribution in [0.25, 0.3) is 0 Å². The van der Waals surface area contributed by atoms with E-state index in [4.69, 9.17) is 4.74 Å². The zero-order valence-electron chi connectivity index (χ0n) is 11.4. The van der Waals surface area contributed by atoms with Crippen molar-refractivity contribution in [3.8, 4) is 0 Å². The van der Waals surface area contributed by atoms with Gasteiger partial charge in [0.05, 0.1) is 6.61 Å². The molecule has 2 rings (SSSR count). The largest absolute Gasteiger partial charge is 0.465 e. The van der Waals surface area contributed by atoms with Crippen LogP contribution in [0.4, 0.5) is 0 Å². The van der Waals surface area contributed by atoms with Crippen molar-refractivity contribution in [2.75, 3.05) is 6.61 Å². The molecule has 2 saturated carbocycles. The third-order valence-electron chi connectivity index (χ3n) is 4.66. The predicted molar refractivity (Wildman–Crippen MR) is 69.1 cm³/mol. The van der Waals surface area contributed by atoms with Crippen molar-refractivity contribution >= 4 is 11.8 Å². The van der Waals surface area contributed by atoms with Gasteiger partial charge in [-0.1, -0.05) is 25.7 Å². The third kappa shape index (κ3) is 2.32. The lowest BCUT2D eigenvalue weighted by atomic mass is 9.61. The van der Waals surface area contributed by atoms with Crippen LogP contribution in [0.2, 0.25) is 0 Å². The molecular weight excluding hydrogens is 228 g/mol. The molecule has 0 aromatic rings. The number of Topliss-reactive ketones (excluding diaryl/α,β-unsaturated/α-hetero) is 1. The van der Waals surface area contributed by atoms with E-state index in [1.54, 1.807) is 0 Å². The summed E-state index contributed by atoms with van der Waals surface area (Å²) in [4.78, 5) is 24.8. The Labute approximate surface area is 109 Å². The Balaban J connectivity index is 2.25. The van der Waals surface area contributed by atoms with Gasteiger partial charge >= 0.3 is 5.97 Å². The quantitative estimate of drug-likeness (QED) is 0.572. The van der Waals surface area contributed by atoms with Crippen LogP contribution < -0.4 is 0 Å². The highest BCUT2D eigenvalue weighted by Crippen LogP contribution is 2.47. The Morgan fingerprint density at radius 2 is 1.94 bits per heavy atom. The Morgan fingerprint density at radius 1 is 1.22 bits per heavy atom. The molecule has 0 N–H and O–H groups in total. The van der Waals surface area contributed by atoms with Gasteiger partial charge in [-0.25, -0.2) is 0 Å². The van der Waals surface area contributed by atoms with Gasteiger partial charge in [0.2, 0.25) is 0 Å². The minimum atomic E-state index is -0.783. The van der Waals surface area contributed by atoms with Crippen LogP contribution in [0.5, 0.6) is 0 Å². The number of rotatable bonds is 3. The highest BCUT2D eigenvalue weighted by molar-refractivity contribution is 6.04. The summed E-state index contributed by atoms with van der Waals surface area (Å²) in [5, 5.41) is 0. The van der Waals surface area contributed by atoms with Gasteiger partial charge in [-0.15, -0.1) is 0 Å². The minimum Gasteiger partial charge on any atom is -0.465 e. The second-order valence-corrected chi connectivity index (χ2v) is 5.66. The molecule has 18 heavy (non-hydrogen) atoms. The van der Waals surface area contributed by atoms with Crippen LogP contribution in [0, 0.1) is 11.3 Å². The summed E-state index contributed by atoms with van der Waals surface area (Å²) in [5.41, 5.74) is -0.783. The van der Waals surface area contributed by atoms with E-state index in [2.05, 4.69) is 0 Å². The minimum absolute atomic E-state index is 0.152. The maximum Gasteiger partial charge on any atom is 0.319 e. The summed E-state index contributed by atoms with van der Waals surface area (Å²) >= 11 is 0. The lowest BCUT2D eigenvalue weighted by molar-refractivity contribution is -0.168. The zero-order valence-corrected chi connectivity index (χ0v) is 11.4. The van der Waals surface area contributed by atoms with Gasteiger partial charge in [-0.3, -0.25) is 9.59 Å². The summed E-state index contributed by atoms with van der Waals surface area (Å²) in [5.74, 6) is 0.152. The Hall–Kier alpha value is -0.860. The summed E-state index contributed by atoms with van der Waals surface area (Å²) in [7, 11) is 0. The molecule has 102 valence electrons. The van der Waals surface area contributed by atoms with E-state index in [0.29, 0.717) is 13.0 Å². The summed E-state index contributed by atoms with van der Waals surface area (Å²) in [6.07, 6.45) is 8.79. The Bertz CT molecular complexity index is 318. The molecule has 0 bridgehead atoms. The first-order valence-electron chi connectivity index (χ1n) is 7.42. The fourth-order valence-electron chi connectivity index (χ4n) is 3.72. The summed E-state index contributed by atoms with van der Waals surface area (Å²) in [6.45, 7) is 2.19. The van der Waals surface area contributed by atoms with Crippen molar-refractivity contribution in [3.05, 3.63) is 0 Å². The van der Waals surface area contributed by atoms with Crippen LogP contribution in [0.3, 0.4) is 0 Å². The molecule has 3 heteroatoms. The first kappa shape index (κ1) is 13.6. The molecule has 0 amide bonds. The fraction of sp³-hybridized carbons (Fsp3) is 0.867. The molecule has 2 aliphatic carbocycles. The summed E-state index contributed by atoms with van der Waals surface area (Å²) < 4.78 is 5.25. The third-order valence-corrected chi connectivity index (χ3v) is 4.66. The van der Waals surface area contributed by atoms with E-state index in [-0.39, 0.29) is 17.7 Å². The first-order valence-corrected chi connectivity index (χ1v) is 7.42. The number of hydrogen-bond acceptors (Lipinski definition) is 3. The average molecular weight is 252 g/mol. The molecule has 1 atom stereocenters. The van der Waals surface area contributed by atoms with Crippen molar-refractivity contribution in [1.82, 2.24) is 0 Å². The number of ketones is 1. The molecule has 0 aliphatic heterocycles. The Kier molecular flexibility index (Phi) is 4.41. The molecule has 0 aromatic carbocycles. The molecular formula is C15H24O3. The van der Waals surface area contributed by atoms with Gasteiger partial charge in [0.25, 0.3) is 0 Å². The molecule has 0 heterocycles. The van der Waals surface area contributed by atoms with Gasteiger partial charge in [0.1, 0.15) is 11.2 Å². The van der Waals surface area contributed by atoms with Gasteiger partial charge in [0.15, 0.2) is 0 Å². The molecule has 2 aliphatic rings. The molecule has 3 nitrogen and oxygen atoms in total. The molecule has 1 unspecified atom stereocenters. The van der Waals surface area contributed by atoms with E-state index in [0.717, 1.165) is 44.9 Å². The van der Waals surface area contributed by atoms with Crippen molar-refractivity contribution in [2.45, 2.75) is 64.7 Å². The van der Waals surface area contributed by atoms with Crippen LogP contribution >= 0.6 is 0 Å². The van der Waals surface area contributed by atoms with E-state index >= 15 is 0 Å². The smallest absolute Gasteiger partial charge is 0.319 e. The van der Waals surface area contributed by atoms with E-state index < -0.39 is 5.41 Å². The standard InChI is InChI=1S/C15H24O3/c1-2-18-14(17)15(11-7-6-10-13(15)16)12-8-4-3-5-9-12/h12H,2-11H2,1H3. The lowest BCUT2D eigenvalue weighted by Crippen LogP contribution is -2.49. The number of carbonyl (C=O) groups is 2. The summed E-state index contributed by atoms with van der Waals surface area (Å²) in [6, 6.07) is 0. The topological polar surface area (TPSA) is 43.4 Å². The second-order valence-electron chi connectivity index (χ2n) is 5.66. The van der Waals surface area contributed by atoms with Crippen LogP contribution in [-0.2, 0) is 14.3 Å². The second kappa shape index (κ2) is 5.85. The number of ether oxygens (including phenoxy) is 1. The number of esters is 1. The maximum atomic E-state index is 12.4. The van der Waals surface area contributed by atoms with Crippen molar-refractivity contribution in [3.63, 3.8) is 0 Å². The van der Waals surface area contributed by atoms with Gasteiger partial charge in [-0.05, 0) is 38.5 Å². The monoisotopic (exact) mass is 252 g/mol. The zero-order chi connectivity index (χ0) is 13.0. The predicted octanol–water partition coefficient (Wildman–Crippen LogP) is 3.26. The van der Waals surface area contributed by atoms with Gasteiger partial charge in [-0.2, -0.15) is 0 Å². The van der Waals surface area contributed by atoms with Gasteiger partial charge < -0.3 is 4.74 Å². The van der Waals surface area contributed by atoms with Crippen molar-refractivity contribution in [1.29, 1.82) is 0 Å². The molecule has 0 saturated heterocycles. The van der Waals surface area contributed by atoms with E-state index in [9.17, 15) is 9.59 Å². The van der Waals surface area contributed by atoms with Crippen molar-refractivity contribution in [2.24, 2.45) is 11.3 Å². The molecule has 0 radical (unpaired) electrons. The first-order chi connectivity index (χ1) is 8.71. The fourth-order valence-corrected chi connectivity index (χ4v) is 3.72. The molecule has 0 spiro atoms. The van der Waals surface area contributed by atoms with Gasteiger partial charge in [0, 0.05) is 6.42 Å². The van der Waals surface area contributed by atoms with Crippen LogP contribution in [0.15, 0.2) is 0 Å². The van der Waals surface area contributed by atoms with Crippen LogP contribution in [0.1, 0.15) is 64.7 Å². The highest BCUT2D eigenvalue weighted by Gasteiger charge is 2.53. The average Bonchev–Trinajstić information content (AvgIpc) is 2.41. The Morgan fingerprint density at radius 3 is 2.56 bits per heavy atom. The van der Waals surface area contributed by atoms with Crippen molar-refractivity contribution < 1.29 is 14.3 Å². The SMILES string of the molecule is CCOC(=O)C1(C2CCCCC2)CCCCC1=O. The lowest BCUT2D eigenvalue weighted by Gasteiger charge is -2.41. The maximum absolute atomic E-state index is 12.4. The number of hydrogen-bond donors (Lipinski definition) is 0. The van der Waals surface area contributed by atoms with E-state index in [1.165, 1.54) is 6.42 Å². The highest BCUT2D eigenvalue weighted by atomic mass is 16.5. The molecule has 2 fully saturated rings.